The number of nitrogens with zero attached hydrogens (tertiary/aromatic N) is 2. The molecule has 0 amide bonds. The molecule has 8 heteroatoms. The zero-order valence-corrected chi connectivity index (χ0v) is 16.4. The number of allylic oxidation sites excluding steroid dienone is 1. The Morgan fingerprint density at radius 2 is 1.69 bits per heavy atom. The minimum Gasteiger partial charge on any atom is -0.454 e. The Kier molecular flexibility index (Phi) is 5.43. The summed E-state index contributed by atoms with van der Waals surface area (Å²) in [5.41, 5.74) is 1.60. The molecule has 0 aromatic heterocycles. The summed E-state index contributed by atoms with van der Waals surface area (Å²) >= 11 is 0. The van der Waals surface area contributed by atoms with Crippen molar-refractivity contribution in [3.8, 4) is 23.3 Å². The van der Waals surface area contributed by atoms with Gasteiger partial charge >= 0.3 is 0 Å². The smallest absolute Gasteiger partial charge is 0.236 e. The Hall–Kier alpha value is -3.02. The summed E-state index contributed by atoms with van der Waals surface area (Å²) in [7, 11) is -3.54. The minimum absolute atomic E-state index is 0.193. The summed E-state index contributed by atoms with van der Waals surface area (Å²) < 4.78 is 50.0. The molecule has 150 valence electrons. The fourth-order valence-electron chi connectivity index (χ4n) is 3.16. The molecule has 0 aliphatic carbocycles. The minimum atomic E-state index is -3.54. The SMILES string of the molecule is O=S(=O)(/C=C\C#Cc1ccc2c(c1)OCO2)N1CCN(c2ccc(F)cc2)CC1. The first-order chi connectivity index (χ1) is 14.0. The molecule has 1 saturated heterocycles. The van der Waals surface area contributed by atoms with Crippen LogP contribution in [0.5, 0.6) is 11.5 Å². The Morgan fingerprint density at radius 3 is 2.45 bits per heavy atom. The summed E-state index contributed by atoms with van der Waals surface area (Å²) in [5.74, 6) is 6.65. The standard InChI is InChI=1S/C21H19FN2O4S/c22-18-5-7-19(8-6-18)23-10-12-24(13-11-23)29(25,26)14-2-1-3-17-4-9-20-21(15-17)28-16-27-20/h2,4-9,14-15H,10-13,16H2/b14-2-. The molecule has 1 fully saturated rings. The van der Waals surface area contributed by atoms with E-state index in [4.69, 9.17) is 9.47 Å². The van der Waals surface area contributed by atoms with E-state index in [0.717, 1.165) is 11.1 Å². The number of piperazine rings is 1. The number of halogens is 1. The monoisotopic (exact) mass is 414 g/mol. The Labute approximate surface area is 169 Å². The van der Waals surface area contributed by atoms with Crippen LogP contribution >= 0.6 is 0 Å². The average Bonchev–Trinajstić information content (AvgIpc) is 3.20. The van der Waals surface area contributed by atoms with Crippen LogP contribution in [0.15, 0.2) is 53.9 Å². The van der Waals surface area contributed by atoms with Crippen LogP contribution in [0.25, 0.3) is 0 Å². The largest absolute Gasteiger partial charge is 0.454 e. The zero-order valence-electron chi connectivity index (χ0n) is 15.5. The first kappa shape index (κ1) is 19.3. The molecule has 2 heterocycles. The molecule has 0 bridgehead atoms. The van der Waals surface area contributed by atoms with E-state index in [-0.39, 0.29) is 12.6 Å². The number of benzene rings is 2. The molecular formula is C21H19FN2O4S. The van der Waals surface area contributed by atoms with E-state index in [1.807, 2.05) is 4.90 Å². The van der Waals surface area contributed by atoms with Crippen LogP contribution in [-0.2, 0) is 10.0 Å². The summed E-state index contributed by atoms with van der Waals surface area (Å²) in [6.07, 6.45) is 1.34. The lowest BCUT2D eigenvalue weighted by Crippen LogP contribution is -2.48. The number of anilines is 1. The van der Waals surface area contributed by atoms with Gasteiger partial charge in [-0.25, -0.2) is 12.8 Å². The van der Waals surface area contributed by atoms with Crippen molar-refractivity contribution in [2.45, 2.75) is 0 Å². The molecule has 0 spiro atoms. The van der Waals surface area contributed by atoms with E-state index in [9.17, 15) is 12.8 Å². The Bertz CT molecular complexity index is 1080. The summed E-state index contributed by atoms with van der Waals surface area (Å²) in [4.78, 5) is 2.04. The molecule has 0 atom stereocenters. The van der Waals surface area contributed by atoms with E-state index < -0.39 is 10.0 Å². The fourth-order valence-corrected chi connectivity index (χ4v) is 4.24. The van der Waals surface area contributed by atoms with Crippen molar-refractivity contribution in [1.29, 1.82) is 0 Å². The highest BCUT2D eigenvalue weighted by molar-refractivity contribution is 7.92. The van der Waals surface area contributed by atoms with Crippen molar-refractivity contribution in [2.24, 2.45) is 0 Å². The quantitative estimate of drug-likeness (QED) is 0.723. The highest BCUT2D eigenvalue weighted by Crippen LogP contribution is 2.32. The topological polar surface area (TPSA) is 59.1 Å². The molecule has 29 heavy (non-hydrogen) atoms. The van der Waals surface area contributed by atoms with Gasteiger partial charge in [0.05, 0.1) is 5.41 Å². The highest BCUT2D eigenvalue weighted by Gasteiger charge is 2.25. The number of hydrogen-bond donors (Lipinski definition) is 0. The zero-order chi connectivity index (χ0) is 20.3. The van der Waals surface area contributed by atoms with Crippen LogP contribution < -0.4 is 14.4 Å². The number of ether oxygens (including phenoxy) is 2. The Morgan fingerprint density at radius 1 is 0.966 bits per heavy atom. The summed E-state index contributed by atoms with van der Waals surface area (Å²) in [6.45, 7) is 2.00. The molecule has 0 radical (unpaired) electrons. The second-order valence-electron chi connectivity index (χ2n) is 6.55. The molecule has 0 N–H and O–H groups in total. The number of rotatable bonds is 3. The van der Waals surface area contributed by atoms with Crippen LogP contribution in [0.4, 0.5) is 10.1 Å². The van der Waals surface area contributed by atoms with Crippen molar-refractivity contribution < 1.29 is 22.3 Å². The maximum Gasteiger partial charge on any atom is 0.236 e. The van der Waals surface area contributed by atoms with Crippen LogP contribution in [-0.4, -0.2) is 45.7 Å². The highest BCUT2D eigenvalue weighted by atomic mass is 32.2. The number of sulfonamides is 1. The van der Waals surface area contributed by atoms with Gasteiger partial charge in [0, 0.05) is 43.5 Å². The second kappa shape index (κ2) is 8.15. The normalized spacial score (nSPS) is 16.7. The molecule has 2 aromatic carbocycles. The molecule has 2 aromatic rings. The third-order valence-corrected chi connectivity index (χ3v) is 6.27. The van der Waals surface area contributed by atoms with Crippen LogP contribution in [0.1, 0.15) is 5.56 Å². The van der Waals surface area contributed by atoms with Gasteiger partial charge in [0.15, 0.2) is 11.5 Å². The molecule has 2 aliphatic rings. The predicted octanol–water partition coefficient (Wildman–Crippen LogP) is 2.57. The Balaban J connectivity index is 1.35. The van der Waals surface area contributed by atoms with E-state index in [1.165, 1.54) is 22.5 Å². The lowest BCUT2D eigenvalue weighted by atomic mass is 10.2. The number of hydrogen-bond acceptors (Lipinski definition) is 5. The van der Waals surface area contributed by atoms with E-state index in [2.05, 4.69) is 11.8 Å². The van der Waals surface area contributed by atoms with Crippen molar-refractivity contribution in [1.82, 2.24) is 4.31 Å². The van der Waals surface area contributed by atoms with Gasteiger partial charge in [-0.2, -0.15) is 4.31 Å². The van der Waals surface area contributed by atoms with Gasteiger partial charge in [0.2, 0.25) is 16.8 Å². The van der Waals surface area contributed by atoms with Crippen molar-refractivity contribution in [3.05, 3.63) is 65.3 Å². The van der Waals surface area contributed by atoms with Gasteiger partial charge < -0.3 is 14.4 Å². The van der Waals surface area contributed by atoms with Crippen LogP contribution in [0.2, 0.25) is 0 Å². The van der Waals surface area contributed by atoms with E-state index in [1.54, 1.807) is 30.3 Å². The number of fused-ring (bicyclic) bond motifs is 1. The predicted molar refractivity (Wildman–Crippen MR) is 108 cm³/mol. The lowest BCUT2D eigenvalue weighted by Gasteiger charge is -2.34. The fraction of sp³-hybridized carbons (Fsp3) is 0.238. The van der Waals surface area contributed by atoms with Crippen molar-refractivity contribution in [3.63, 3.8) is 0 Å². The van der Waals surface area contributed by atoms with E-state index >= 15 is 0 Å². The summed E-state index contributed by atoms with van der Waals surface area (Å²) in [6, 6.07) is 11.5. The van der Waals surface area contributed by atoms with Gasteiger partial charge in [-0.1, -0.05) is 11.8 Å². The molecule has 6 nitrogen and oxygen atoms in total. The molecule has 0 unspecified atom stereocenters. The maximum absolute atomic E-state index is 13.0. The molecular weight excluding hydrogens is 395 g/mol. The third kappa shape index (κ3) is 4.53. The van der Waals surface area contributed by atoms with Gasteiger partial charge in [-0.05, 0) is 42.5 Å². The maximum atomic E-state index is 13.0. The van der Waals surface area contributed by atoms with Crippen LogP contribution in [0.3, 0.4) is 0 Å². The average molecular weight is 414 g/mol. The molecule has 2 aliphatic heterocycles. The van der Waals surface area contributed by atoms with Gasteiger partial charge in [0.1, 0.15) is 5.82 Å². The first-order valence-electron chi connectivity index (χ1n) is 9.10. The van der Waals surface area contributed by atoms with Gasteiger partial charge in [0.25, 0.3) is 0 Å². The summed E-state index contributed by atoms with van der Waals surface area (Å²) in [5, 5.41) is 1.13. The second-order valence-corrected chi connectivity index (χ2v) is 8.37. The first-order valence-corrected chi connectivity index (χ1v) is 10.6. The van der Waals surface area contributed by atoms with E-state index in [0.29, 0.717) is 43.2 Å². The lowest BCUT2D eigenvalue weighted by molar-refractivity contribution is 0.174. The van der Waals surface area contributed by atoms with Gasteiger partial charge in [-0.3, -0.25) is 0 Å². The third-order valence-electron chi connectivity index (χ3n) is 4.70. The molecule has 4 rings (SSSR count). The van der Waals surface area contributed by atoms with Crippen molar-refractivity contribution in [2.75, 3.05) is 37.9 Å². The van der Waals surface area contributed by atoms with Gasteiger partial charge in [-0.15, -0.1) is 0 Å². The van der Waals surface area contributed by atoms with Crippen LogP contribution in [0, 0.1) is 17.7 Å². The van der Waals surface area contributed by atoms with Crippen molar-refractivity contribution >= 4 is 15.7 Å². The molecule has 0 saturated carbocycles.